The predicted molar refractivity (Wildman–Crippen MR) is 76.7 cm³/mol. The molecule has 0 amide bonds. The highest BCUT2D eigenvalue weighted by atomic mass is 14.9. The quantitative estimate of drug-likeness (QED) is 0.825. The smallest absolute Gasteiger partial charge is 0.00463 e. The molecule has 1 aliphatic heterocycles. The summed E-state index contributed by atoms with van der Waals surface area (Å²) in [5.74, 6) is 2.90. The van der Waals surface area contributed by atoms with Crippen LogP contribution >= 0.6 is 0 Å². The highest BCUT2D eigenvalue weighted by Crippen LogP contribution is 2.50. The van der Waals surface area contributed by atoms with Crippen molar-refractivity contribution in [2.45, 2.75) is 44.4 Å². The molecule has 98 valence electrons. The van der Waals surface area contributed by atoms with Crippen LogP contribution < -0.4 is 5.32 Å². The molecule has 0 bridgehead atoms. The zero-order valence-electron chi connectivity index (χ0n) is 11.3. The summed E-state index contributed by atoms with van der Waals surface area (Å²) in [6, 6.07) is 11.1. The molecule has 1 aliphatic carbocycles. The molecule has 1 unspecified atom stereocenters. The van der Waals surface area contributed by atoms with Gasteiger partial charge in [0, 0.05) is 0 Å². The average molecular weight is 243 g/mol. The molecule has 1 saturated heterocycles. The summed E-state index contributed by atoms with van der Waals surface area (Å²) < 4.78 is 0. The molecule has 0 aromatic heterocycles. The lowest BCUT2D eigenvalue weighted by Crippen LogP contribution is -2.27. The van der Waals surface area contributed by atoms with Crippen molar-refractivity contribution in [2.75, 3.05) is 13.1 Å². The molecular weight excluding hydrogens is 218 g/mol. The van der Waals surface area contributed by atoms with Crippen LogP contribution in [0.25, 0.3) is 0 Å². The Kier molecular flexibility index (Phi) is 3.99. The molecule has 1 N–H and O–H groups in total. The highest BCUT2D eigenvalue weighted by Gasteiger charge is 2.37. The van der Waals surface area contributed by atoms with Crippen LogP contribution in [0.1, 0.15) is 50.0 Å². The van der Waals surface area contributed by atoms with Crippen LogP contribution in [0.15, 0.2) is 30.3 Å². The van der Waals surface area contributed by atoms with Crippen molar-refractivity contribution in [1.29, 1.82) is 0 Å². The van der Waals surface area contributed by atoms with Gasteiger partial charge in [0.25, 0.3) is 0 Å². The van der Waals surface area contributed by atoms with Gasteiger partial charge < -0.3 is 5.32 Å². The molecule has 2 atom stereocenters. The van der Waals surface area contributed by atoms with Gasteiger partial charge in [0.15, 0.2) is 0 Å². The first-order valence-corrected chi connectivity index (χ1v) is 7.69. The molecule has 2 fully saturated rings. The lowest BCUT2D eigenvalue weighted by Gasteiger charge is -2.22. The Morgan fingerprint density at radius 3 is 2.56 bits per heavy atom. The summed E-state index contributed by atoms with van der Waals surface area (Å²) in [5.41, 5.74) is 1.57. The minimum Gasteiger partial charge on any atom is -0.317 e. The summed E-state index contributed by atoms with van der Waals surface area (Å²) in [7, 11) is 0. The largest absolute Gasteiger partial charge is 0.317 e. The predicted octanol–water partition coefficient (Wildman–Crippen LogP) is 3.96. The summed E-state index contributed by atoms with van der Waals surface area (Å²) in [4.78, 5) is 0. The van der Waals surface area contributed by atoms with Gasteiger partial charge in [-0.05, 0) is 62.1 Å². The second kappa shape index (κ2) is 5.88. The molecule has 0 spiro atoms. The van der Waals surface area contributed by atoms with Crippen molar-refractivity contribution in [3.8, 4) is 0 Å². The SMILES string of the molecule is c1ccc(C2C[C@@H]2CCCC2CCNCC2)cc1. The van der Waals surface area contributed by atoms with Crippen LogP contribution in [-0.4, -0.2) is 13.1 Å². The molecule has 1 heteroatoms. The standard InChI is InChI=1S/C17H25N/c1-2-6-15(7-3-1)17-13-16(17)8-4-5-14-9-11-18-12-10-14/h1-3,6-7,14,16-18H,4-5,8-13H2/t16-,17?/m0/s1. The molecular formula is C17H25N. The van der Waals surface area contributed by atoms with Crippen LogP contribution in [0.2, 0.25) is 0 Å². The minimum absolute atomic E-state index is 0.888. The monoisotopic (exact) mass is 243 g/mol. The fourth-order valence-corrected chi connectivity index (χ4v) is 3.51. The molecule has 3 rings (SSSR count). The van der Waals surface area contributed by atoms with E-state index >= 15 is 0 Å². The Balaban J connectivity index is 1.36. The summed E-state index contributed by atoms with van der Waals surface area (Å²) in [5, 5.41) is 3.45. The molecule has 18 heavy (non-hydrogen) atoms. The van der Waals surface area contributed by atoms with Crippen LogP contribution in [0.5, 0.6) is 0 Å². The van der Waals surface area contributed by atoms with E-state index in [1.165, 1.54) is 51.6 Å². The molecule has 1 aromatic rings. The lowest BCUT2D eigenvalue weighted by molar-refractivity contribution is 0.341. The van der Waals surface area contributed by atoms with Gasteiger partial charge in [0.2, 0.25) is 0 Å². The maximum atomic E-state index is 3.45. The molecule has 1 aromatic carbocycles. The Labute approximate surface area is 111 Å². The van der Waals surface area contributed by atoms with E-state index < -0.39 is 0 Å². The Bertz CT molecular complexity index is 353. The first kappa shape index (κ1) is 12.2. The molecule has 0 radical (unpaired) electrons. The number of hydrogen-bond acceptors (Lipinski definition) is 1. The average Bonchev–Trinajstić information content (AvgIpc) is 3.21. The number of benzene rings is 1. The van der Waals surface area contributed by atoms with Gasteiger partial charge in [0.05, 0.1) is 0 Å². The van der Waals surface area contributed by atoms with E-state index in [1.807, 2.05) is 0 Å². The van der Waals surface area contributed by atoms with E-state index in [-0.39, 0.29) is 0 Å². The molecule has 1 nitrogen and oxygen atoms in total. The molecule has 2 aliphatic rings. The number of rotatable bonds is 5. The van der Waals surface area contributed by atoms with Gasteiger partial charge in [-0.2, -0.15) is 0 Å². The zero-order chi connectivity index (χ0) is 12.2. The first-order chi connectivity index (χ1) is 8.93. The van der Waals surface area contributed by atoms with E-state index in [1.54, 1.807) is 5.56 Å². The van der Waals surface area contributed by atoms with Crippen molar-refractivity contribution in [1.82, 2.24) is 5.32 Å². The van der Waals surface area contributed by atoms with Gasteiger partial charge in [-0.3, -0.25) is 0 Å². The van der Waals surface area contributed by atoms with Crippen molar-refractivity contribution in [2.24, 2.45) is 11.8 Å². The maximum absolute atomic E-state index is 3.45. The van der Waals surface area contributed by atoms with E-state index in [0.29, 0.717) is 0 Å². The van der Waals surface area contributed by atoms with Gasteiger partial charge >= 0.3 is 0 Å². The van der Waals surface area contributed by atoms with Gasteiger partial charge in [0.1, 0.15) is 0 Å². The minimum atomic E-state index is 0.888. The second-order valence-electron chi connectivity index (χ2n) is 6.14. The first-order valence-electron chi connectivity index (χ1n) is 7.69. The van der Waals surface area contributed by atoms with Crippen LogP contribution in [0.3, 0.4) is 0 Å². The van der Waals surface area contributed by atoms with Gasteiger partial charge in [-0.25, -0.2) is 0 Å². The van der Waals surface area contributed by atoms with Crippen molar-refractivity contribution < 1.29 is 0 Å². The van der Waals surface area contributed by atoms with Crippen LogP contribution in [0, 0.1) is 11.8 Å². The third-order valence-corrected chi connectivity index (χ3v) is 4.80. The number of nitrogens with one attached hydrogen (secondary N) is 1. The Hall–Kier alpha value is -0.820. The summed E-state index contributed by atoms with van der Waals surface area (Å²) >= 11 is 0. The van der Waals surface area contributed by atoms with Gasteiger partial charge in [-0.15, -0.1) is 0 Å². The van der Waals surface area contributed by atoms with E-state index in [0.717, 1.165) is 17.8 Å². The number of hydrogen-bond donors (Lipinski definition) is 1. The highest BCUT2D eigenvalue weighted by molar-refractivity contribution is 5.25. The number of piperidine rings is 1. The zero-order valence-corrected chi connectivity index (χ0v) is 11.3. The fraction of sp³-hybridized carbons (Fsp3) is 0.647. The Morgan fingerprint density at radius 2 is 1.78 bits per heavy atom. The van der Waals surface area contributed by atoms with E-state index in [2.05, 4.69) is 35.6 Å². The summed E-state index contributed by atoms with van der Waals surface area (Å²) in [6.07, 6.45) is 8.65. The fourth-order valence-electron chi connectivity index (χ4n) is 3.51. The normalized spacial score (nSPS) is 28.2. The second-order valence-corrected chi connectivity index (χ2v) is 6.14. The summed E-state index contributed by atoms with van der Waals surface area (Å²) in [6.45, 7) is 2.50. The van der Waals surface area contributed by atoms with Crippen LogP contribution in [-0.2, 0) is 0 Å². The van der Waals surface area contributed by atoms with Crippen molar-refractivity contribution >= 4 is 0 Å². The van der Waals surface area contributed by atoms with Gasteiger partial charge in [-0.1, -0.05) is 43.2 Å². The van der Waals surface area contributed by atoms with Crippen molar-refractivity contribution in [3.05, 3.63) is 35.9 Å². The third-order valence-electron chi connectivity index (χ3n) is 4.80. The van der Waals surface area contributed by atoms with Crippen molar-refractivity contribution in [3.63, 3.8) is 0 Å². The van der Waals surface area contributed by atoms with E-state index in [4.69, 9.17) is 0 Å². The third kappa shape index (κ3) is 3.14. The molecule has 1 heterocycles. The Morgan fingerprint density at radius 1 is 1.00 bits per heavy atom. The topological polar surface area (TPSA) is 12.0 Å². The maximum Gasteiger partial charge on any atom is -0.00463 e. The lowest BCUT2D eigenvalue weighted by atomic mass is 9.92. The molecule has 1 saturated carbocycles. The van der Waals surface area contributed by atoms with Crippen LogP contribution in [0.4, 0.5) is 0 Å². The van der Waals surface area contributed by atoms with E-state index in [9.17, 15) is 0 Å².